The molecule has 25 heavy (non-hydrogen) atoms. The van der Waals surface area contributed by atoms with E-state index in [2.05, 4.69) is 52.5 Å². The highest BCUT2D eigenvalue weighted by Crippen LogP contribution is 2.47. The van der Waals surface area contributed by atoms with Crippen LogP contribution in [-0.2, 0) is 6.42 Å². The molecule has 0 radical (unpaired) electrons. The molecule has 0 spiro atoms. The van der Waals surface area contributed by atoms with E-state index in [1.165, 1.54) is 24.0 Å². The third-order valence-corrected chi connectivity index (χ3v) is 5.45. The molecule has 132 valence electrons. The summed E-state index contributed by atoms with van der Waals surface area (Å²) < 4.78 is 0. The van der Waals surface area contributed by atoms with Crippen molar-refractivity contribution in [3.05, 3.63) is 47.2 Å². The van der Waals surface area contributed by atoms with E-state index in [-0.39, 0.29) is 12.6 Å². The Bertz CT molecular complexity index is 763. The van der Waals surface area contributed by atoms with E-state index in [0.29, 0.717) is 17.9 Å². The van der Waals surface area contributed by atoms with Crippen LogP contribution in [0.3, 0.4) is 0 Å². The Balaban J connectivity index is 1.69. The molecule has 1 aromatic carbocycles. The van der Waals surface area contributed by atoms with Crippen LogP contribution in [0.1, 0.15) is 55.5 Å². The first-order chi connectivity index (χ1) is 12.2. The molecule has 2 N–H and O–H groups in total. The highest BCUT2D eigenvalue weighted by Gasteiger charge is 2.38. The molecule has 5 nitrogen and oxygen atoms in total. The summed E-state index contributed by atoms with van der Waals surface area (Å²) in [5.74, 6) is 2.21. The normalized spacial score (nSPS) is 22.6. The molecule has 1 saturated heterocycles. The Hall–Kier alpha value is -2.14. The molecule has 2 aromatic rings. The minimum Gasteiger partial charge on any atom is -0.394 e. The lowest BCUT2D eigenvalue weighted by Gasteiger charge is -2.47. The summed E-state index contributed by atoms with van der Waals surface area (Å²) in [7, 11) is 0. The van der Waals surface area contributed by atoms with Crippen molar-refractivity contribution >= 4 is 11.8 Å². The lowest BCUT2D eigenvalue weighted by molar-refractivity contribution is 0.281. The molecule has 1 aliphatic carbocycles. The molecule has 5 heteroatoms. The van der Waals surface area contributed by atoms with Gasteiger partial charge in [-0.25, -0.2) is 4.98 Å². The number of piperidine rings is 1. The topological polar surface area (TPSA) is 61.3 Å². The molecule has 3 heterocycles. The van der Waals surface area contributed by atoms with Crippen molar-refractivity contribution in [3.8, 4) is 0 Å². The van der Waals surface area contributed by atoms with Crippen LogP contribution >= 0.6 is 0 Å². The number of hydrogen-bond acceptors (Lipinski definition) is 5. The maximum Gasteiger partial charge on any atom is 0.225 e. The average molecular weight is 338 g/mol. The molecule has 5 rings (SSSR count). The molecular formula is C20H26N4O. The first-order valence-corrected chi connectivity index (χ1v) is 9.30. The van der Waals surface area contributed by atoms with Gasteiger partial charge in [0.15, 0.2) is 0 Å². The van der Waals surface area contributed by atoms with Crippen LogP contribution in [0.15, 0.2) is 30.3 Å². The number of aromatic nitrogens is 2. The van der Waals surface area contributed by atoms with E-state index < -0.39 is 0 Å². The van der Waals surface area contributed by atoms with E-state index in [1.54, 1.807) is 0 Å². The molecule has 2 bridgehead atoms. The number of aliphatic hydroxyl groups is 1. The van der Waals surface area contributed by atoms with Gasteiger partial charge in [0.05, 0.1) is 12.6 Å². The number of hydrogen-bond donors (Lipinski definition) is 2. The van der Waals surface area contributed by atoms with Gasteiger partial charge in [0, 0.05) is 30.3 Å². The Kier molecular flexibility index (Phi) is 4.34. The number of rotatable bonds is 5. The first-order valence-electron chi connectivity index (χ1n) is 9.30. The highest BCUT2D eigenvalue weighted by atomic mass is 16.3. The van der Waals surface area contributed by atoms with Crippen LogP contribution in [0, 0.1) is 0 Å². The number of nitrogens with one attached hydrogen (secondary N) is 1. The zero-order valence-electron chi connectivity index (χ0n) is 14.9. The monoisotopic (exact) mass is 338 g/mol. The number of aliphatic hydroxyl groups excluding tert-OH is 1. The Morgan fingerprint density at radius 3 is 2.80 bits per heavy atom. The second-order valence-corrected chi connectivity index (χ2v) is 7.19. The summed E-state index contributed by atoms with van der Waals surface area (Å²) in [4.78, 5) is 11.8. The number of benzene rings is 1. The lowest BCUT2D eigenvalue weighted by Crippen LogP contribution is -2.43. The number of fused-ring (bicyclic) bond motifs is 2. The minimum atomic E-state index is -0.0570. The van der Waals surface area contributed by atoms with Gasteiger partial charge in [0.25, 0.3) is 0 Å². The van der Waals surface area contributed by atoms with Crippen molar-refractivity contribution < 1.29 is 5.11 Å². The largest absolute Gasteiger partial charge is 0.394 e. The van der Waals surface area contributed by atoms with Gasteiger partial charge in [-0.1, -0.05) is 31.2 Å². The van der Waals surface area contributed by atoms with Gasteiger partial charge in [0.2, 0.25) is 5.95 Å². The molecule has 1 aromatic heterocycles. The van der Waals surface area contributed by atoms with Crippen molar-refractivity contribution in [3.63, 3.8) is 0 Å². The Labute approximate surface area is 149 Å². The SMILES string of the molecule is CCc1cc(N2C[C@H]3CC[C@H]2c2ccccc23)nc(N[C@@H](C)CO)n1. The van der Waals surface area contributed by atoms with Crippen molar-refractivity contribution in [1.29, 1.82) is 0 Å². The van der Waals surface area contributed by atoms with Gasteiger partial charge in [-0.15, -0.1) is 0 Å². The fourth-order valence-corrected chi connectivity index (χ4v) is 4.13. The van der Waals surface area contributed by atoms with Gasteiger partial charge < -0.3 is 15.3 Å². The number of aryl methyl sites for hydroxylation is 1. The van der Waals surface area contributed by atoms with Crippen LogP contribution in [-0.4, -0.2) is 34.3 Å². The van der Waals surface area contributed by atoms with Crippen LogP contribution in [0.2, 0.25) is 0 Å². The molecule has 0 saturated carbocycles. The summed E-state index contributed by atoms with van der Waals surface area (Å²) >= 11 is 0. The molecule has 3 atom stereocenters. The maximum atomic E-state index is 9.31. The molecule has 0 unspecified atom stereocenters. The van der Waals surface area contributed by atoms with E-state index in [9.17, 15) is 5.11 Å². The van der Waals surface area contributed by atoms with Crippen LogP contribution in [0.5, 0.6) is 0 Å². The third-order valence-electron chi connectivity index (χ3n) is 5.45. The van der Waals surface area contributed by atoms with E-state index in [4.69, 9.17) is 4.98 Å². The zero-order valence-corrected chi connectivity index (χ0v) is 14.9. The van der Waals surface area contributed by atoms with Gasteiger partial charge in [-0.05, 0) is 37.3 Å². The average Bonchev–Trinajstić information content (AvgIpc) is 2.68. The predicted octanol–water partition coefficient (Wildman–Crippen LogP) is 3.27. The van der Waals surface area contributed by atoms with Gasteiger partial charge in [-0.2, -0.15) is 4.98 Å². The zero-order chi connectivity index (χ0) is 17.4. The molecule has 1 fully saturated rings. The second-order valence-electron chi connectivity index (χ2n) is 7.19. The third kappa shape index (κ3) is 2.97. The van der Waals surface area contributed by atoms with Crippen LogP contribution in [0.4, 0.5) is 11.8 Å². The molecule has 2 aliphatic heterocycles. The highest BCUT2D eigenvalue weighted by molar-refractivity contribution is 5.53. The Morgan fingerprint density at radius 1 is 1.24 bits per heavy atom. The summed E-state index contributed by atoms with van der Waals surface area (Å²) in [6, 6.07) is 11.3. The molecule has 3 aliphatic rings. The fourth-order valence-electron chi connectivity index (χ4n) is 4.13. The van der Waals surface area contributed by atoms with Crippen molar-refractivity contribution in [1.82, 2.24) is 9.97 Å². The number of nitrogens with zero attached hydrogens (tertiary/aromatic N) is 3. The summed E-state index contributed by atoms with van der Waals surface area (Å²) in [6.45, 7) is 5.14. The lowest BCUT2D eigenvalue weighted by atomic mass is 9.75. The van der Waals surface area contributed by atoms with Crippen LogP contribution in [0.25, 0.3) is 0 Å². The molecular weight excluding hydrogens is 312 g/mol. The van der Waals surface area contributed by atoms with Gasteiger partial charge in [-0.3, -0.25) is 0 Å². The Morgan fingerprint density at radius 2 is 2.04 bits per heavy atom. The van der Waals surface area contributed by atoms with E-state index >= 15 is 0 Å². The molecule has 0 amide bonds. The summed E-state index contributed by atoms with van der Waals surface area (Å²) in [5, 5.41) is 12.5. The van der Waals surface area contributed by atoms with Crippen molar-refractivity contribution in [2.45, 2.75) is 51.1 Å². The minimum absolute atomic E-state index is 0.0570. The van der Waals surface area contributed by atoms with E-state index in [0.717, 1.165) is 24.5 Å². The van der Waals surface area contributed by atoms with Gasteiger partial charge in [0.1, 0.15) is 5.82 Å². The van der Waals surface area contributed by atoms with Crippen LogP contribution < -0.4 is 10.2 Å². The first kappa shape index (κ1) is 16.3. The summed E-state index contributed by atoms with van der Waals surface area (Å²) in [6.07, 6.45) is 3.32. The van der Waals surface area contributed by atoms with Crippen molar-refractivity contribution in [2.75, 3.05) is 23.4 Å². The quantitative estimate of drug-likeness (QED) is 0.876. The standard InChI is InChI=1S/C20H26N4O/c1-3-15-10-19(23-20(22-15)21-13(2)12-25)24-11-14-8-9-18(24)17-7-5-4-6-16(14)17/h4-7,10,13-14,18,25H,3,8-9,11-12H2,1-2H3,(H,21,22,23)/t13-,14+,18-/m0/s1. The summed E-state index contributed by atoms with van der Waals surface area (Å²) in [5.41, 5.74) is 4.01. The fraction of sp³-hybridized carbons (Fsp3) is 0.500. The van der Waals surface area contributed by atoms with E-state index in [1.807, 2.05) is 6.92 Å². The smallest absolute Gasteiger partial charge is 0.225 e. The predicted molar refractivity (Wildman–Crippen MR) is 100 cm³/mol. The second kappa shape index (κ2) is 6.64. The number of anilines is 2. The maximum absolute atomic E-state index is 9.31. The van der Waals surface area contributed by atoms with Gasteiger partial charge >= 0.3 is 0 Å². The van der Waals surface area contributed by atoms with Crippen molar-refractivity contribution in [2.24, 2.45) is 0 Å².